The minimum Gasteiger partial charge on any atom is -0.459 e. The van der Waals surface area contributed by atoms with Crippen molar-refractivity contribution in [3.63, 3.8) is 0 Å². The maximum Gasteiger partial charge on any atom is 0.338 e. The van der Waals surface area contributed by atoms with Crippen molar-refractivity contribution in [3.8, 4) is 0 Å². The summed E-state index contributed by atoms with van der Waals surface area (Å²) in [5.41, 5.74) is 0.0944. The number of hydrogen-bond acceptors (Lipinski definition) is 19. The Morgan fingerprint density at radius 1 is 0.329 bits per heavy atom. The summed E-state index contributed by atoms with van der Waals surface area (Å²) in [6, 6.07) is 53.5. The van der Waals surface area contributed by atoms with E-state index in [1.165, 1.54) is 84.9 Å². The van der Waals surface area contributed by atoms with Gasteiger partial charge < -0.3 is 52.1 Å². The van der Waals surface area contributed by atoms with Crippen LogP contribution in [-0.4, -0.2) is 126 Å². The maximum absolute atomic E-state index is 14.4. The zero-order valence-electron chi connectivity index (χ0n) is 44.4. The fraction of sp³-hybridized carbons (Fsp3) is 0.206. The molecular formula is C63H50Cl3NO18. The molecular weight excluding hydrogens is 1170 g/mol. The number of esters is 7. The van der Waals surface area contributed by atoms with Crippen LogP contribution < -0.4 is 0 Å². The first-order valence-electron chi connectivity index (χ1n) is 26.1. The maximum atomic E-state index is 14.4. The topological polar surface area (TPSA) is 245 Å². The van der Waals surface area contributed by atoms with E-state index in [0.29, 0.717) is 0 Å². The lowest BCUT2D eigenvalue weighted by Gasteiger charge is -2.46. The molecule has 0 unspecified atom stereocenters. The first-order valence-corrected chi connectivity index (χ1v) is 27.3. The zero-order valence-corrected chi connectivity index (χ0v) is 46.6. The van der Waals surface area contributed by atoms with Crippen molar-refractivity contribution in [1.29, 1.82) is 5.41 Å². The van der Waals surface area contributed by atoms with Crippen LogP contribution in [0.3, 0.4) is 0 Å². The fourth-order valence-electron chi connectivity index (χ4n) is 8.84. The molecule has 10 atom stereocenters. The number of alkyl halides is 3. The van der Waals surface area contributed by atoms with Crippen LogP contribution in [0.15, 0.2) is 212 Å². The Bertz CT molecular complexity index is 3420. The summed E-state index contributed by atoms with van der Waals surface area (Å²) in [6.45, 7) is -1.64. The third kappa shape index (κ3) is 15.8. The molecule has 22 heteroatoms. The van der Waals surface area contributed by atoms with Crippen molar-refractivity contribution in [3.05, 3.63) is 251 Å². The van der Waals surface area contributed by atoms with Gasteiger partial charge in [0.1, 0.15) is 18.8 Å². The largest absolute Gasteiger partial charge is 0.459 e. The molecule has 19 nitrogen and oxygen atoms in total. The van der Waals surface area contributed by atoms with E-state index < -0.39 is 126 Å². The average Bonchev–Trinajstić information content (AvgIpc) is 3.64. The first-order chi connectivity index (χ1) is 41.1. The third-order valence-electron chi connectivity index (χ3n) is 13.0. The molecule has 0 radical (unpaired) electrons. The van der Waals surface area contributed by atoms with Crippen LogP contribution in [0.1, 0.15) is 72.5 Å². The Balaban J connectivity index is 1.17. The van der Waals surface area contributed by atoms with Gasteiger partial charge in [0.25, 0.3) is 3.79 Å². The number of halogens is 3. The second-order valence-electron chi connectivity index (χ2n) is 18.7. The van der Waals surface area contributed by atoms with E-state index >= 15 is 0 Å². The third-order valence-corrected chi connectivity index (χ3v) is 13.5. The van der Waals surface area contributed by atoms with Crippen LogP contribution in [0.5, 0.6) is 0 Å². The van der Waals surface area contributed by atoms with Gasteiger partial charge in [0, 0.05) is 0 Å². The number of hydrogen-bond donors (Lipinski definition) is 1. The summed E-state index contributed by atoms with van der Waals surface area (Å²) in [5.74, 6) is -8.04. The lowest BCUT2D eigenvalue weighted by molar-refractivity contribution is -0.321. The minimum absolute atomic E-state index is 0.00328. The van der Waals surface area contributed by atoms with E-state index in [4.69, 9.17) is 92.3 Å². The van der Waals surface area contributed by atoms with Gasteiger partial charge in [-0.15, -0.1) is 0 Å². The fourth-order valence-corrected chi connectivity index (χ4v) is 8.97. The van der Waals surface area contributed by atoms with Gasteiger partial charge in [0.05, 0.1) is 45.6 Å². The second kappa shape index (κ2) is 28.6. The number of ether oxygens (including phenoxy) is 11. The Hall–Kier alpha value is -8.95. The van der Waals surface area contributed by atoms with Crippen molar-refractivity contribution in [2.45, 2.75) is 65.2 Å². The summed E-state index contributed by atoms with van der Waals surface area (Å²) in [6.07, 6.45) is -19.0. The van der Waals surface area contributed by atoms with Crippen molar-refractivity contribution < 1.29 is 85.7 Å². The number of nitrogens with one attached hydrogen (secondary N) is 1. The molecule has 2 fully saturated rings. The highest BCUT2D eigenvalue weighted by Crippen LogP contribution is 2.37. The predicted molar refractivity (Wildman–Crippen MR) is 303 cm³/mol. The van der Waals surface area contributed by atoms with Gasteiger partial charge in [-0.25, -0.2) is 33.6 Å². The second-order valence-corrected chi connectivity index (χ2v) is 21.0. The van der Waals surface area contributed by atoms with Gasteiger partial charge in [-0.2, -0.15) is 0 Å². The lowest BCUT2D eigenvalue weighted by Crippen LogP contribution is -2.65. The standard InChI is InChI=1S/C63H50Cl3NO18/c64-63(65,66)62(67)85-61-52(84-59(74)44-34-20-7-21-35-44)50(82-57(72)42-30-16-5-17-31-42)48(80-55(70)40-26-12-3-13-27-40)46(78-61)37-76-60-51(83-58(73)43-32-18-6-19-33-43)49(81-56(71)41-28-14-4-15-29-41)47(79-54(69)39-24-10-2-11-25-39)45(77-60)36-75-53(68)38-22-8-1-9-23-38/h1-35,45-52,60-61,67H,36-37H2/t45-,46-,47-,48-,49+,50+,51-,52-,60-,61-/m1/s1. The molecule has 9 rings (SSSR count). The highest BCUT2D eigenvalue weighted by Gasteiger charge is 2.57. The summed E-state index contributed by atoms with van der Waals surface area (Å²) in [5, 5.41) is 8.69. The van der Waals surface area contributed by atoms with Crippen LogP contribution in [-0.2, 0) is 52.1 Å². The van der Waals surface area contributed by atoms with E-state index in [2.05, 4.69) is 0 Å². The van der Waals surface area contributed by atoms with E-state index in [-0.39, 0.29) is 38.9 Å². The molecule has 2 heterocycles. The smallest absolute Gasteiger partial charge is 0.338 e. The van der Waals surface area contributed by atoms with Crippen molar-refractivity contribution in [2.24, 2.45) is 0 Å². The number of benzene rings is 7. The van der Waals surface area contributed by atoms with Gasteiger partial charge in [-0.05, 0) is 84.9 Å². The van der Waals surface area contributed by atoms with Gasteiger partial charge in [-0.3, -0.25) is 5.41 Å². The van der Waals surface area contributed by atoms with Gasteiger partial charge in [0.15, 0.2) is 36.8 Å². The molecule has 2 saturated heterocycles. The molecule has 0 spiro atoms. The summed E-state index contributed by atoms with van der Waals surface area (Å²) < 4.78 is 65.8. The summed E-state index contributed by atoms with van der Waals surface area (Å²) in [7, 11) is 0. The molecule has 2 aliphatic heterocycles. The molecule has 0 saturated carbocycles. The molecule has 0 amide bonds. The molecule has 85 heavy (non-hydrogen) atoms. The Kier molecular flexibility index (Phi) is 20.4. The molecule has 7 aromatic rings. The predicted octanol–water partition coefficient (Wildman–Crippen LogP) is 10.0. The van der Waals surface area contributed by atoms with Crippen LogP contribution >= 0.6 is 34.8 Å². The van der Waals surface area contributed by atoms with Gasteiger partial charge >= 0.3 is 41.8 Å². The van der Waals surface area contributed by atoms with Gasteiger partial charge in [-0.1, -0.05) is 162 Å². The first kappa shape index (κ1) is 60.6. The van der Waals surface area contributed by atoms with E-state index in [1.807, 2.05) is 0 Å². The van der Waals surface area contributed by atoms with Crippen molar-refractivity contribution in [2.75, 3.05) is 13.2 Å². The van der Waals surface area contributed by atoms with Crippen LogP contribution in [0, 0.1) is 5.41 Å². The van der Waals surface area contributed by atoms with Gasteiger partial charge in [0.2, 0.25) is 18.3 Å². The molecule has 436 valence electrons. The number of carbonyl (C=O) groups is 7. The highest BCUT2D eigenvalue weighted by atomic mass is 35.6. The Morgan fingerprint density at radius 3 is 0.882 bits per heavy atom. The van der Waals surface area contributed by atoms with Crippen LogP contribution in [0.2, 0.25) is 0 Å². The summed E-state index contributed by atoms with van der Waals surface area (Å²) >= 11 is 18.5. The number of carbonyl (C=O) groups excluding carboxylic acids is 7. The molecule has 2 aliphatic rings. The quantitative estimate of drug-likeness (QED) is 0.0260. The van der Waals surface area contributed by atoms with Crippen LogP contribution in [0.4, 0.5) is 0 Å². The molecule has 7 aromatic carbocycles. The normalized spacial score (nSPS) is 21.8. The van der Waals surface area contributed by atoms with Crippen molar-refractivity contribution in [1.82, 2.24) is 0 Å². The molecule has 1 N–H and O–H groups in total. The monoisotopic (exact) mass is 1210 g/mol. The van der Waals surface area contributed by atoms with E-state index in [0.717, 1.165) is 0 Å². The molecule has 0 aromatic heterocycles. The van der Waals surface area contributed by atoms with Crippen LogP contribution in [0.25, 0.3) is 0 Å². The lowest BCUT2D eigenvalue weighted by atomic mass is 9.96. The molecule has 0 bridgehead atoms. The number of rotatable bonds is 19. The zero-order chi connectivity index (χ0) is 59.9. The van der Waals surface area contributed by atoms with E-state index in [9.17, 15) is 33.6 Å². The highest BCUT2D eigenvalue weighted by molar-refractivity contribution is 6.76. The Morgan fingerprint density at radius 2 is 0.576 bits per heavy atom. The average molecular weight is 1220 g/mol. The minimum atomic E-state index is -2.59. The van der Waals surface area contributed by atoms with E-state index in [1.54, 1.807) is 127 Å². The summed E-state index contributed by atoms with van der Waals surface area (Å²) in [4.78, 5) is 99.5. The van der Waals surface area contributed by atoms with Crippen molar-refractivity contribution >= 4 is 82.5 Å². The Labute approximate surface area is 500 Å². The SMILES string of the molecule is N=C(O[C@H]1O[C@H](CO[C@@H]2O[C@H](COC(=O)c3ccccc3)[C@@H](OC(=O)c3ccccc3)[C@H](OC(=O)c3ccccc3)[C@H]2OC(=O)c2ccccc2)[C@@H](OC(=O)c2ccccc2)[C@H](OC(=O)c2ccccc2)[C@H]1OC(=O)c1ccccc1)C(Cl)(Cl)Cl. The molecule has 0 aliphatic carbocycles.